The van der Waals surface area contributed by atoms with Crippen LogP contribution >= 0.6 is 0 Å². The van der Waals surface area contributed by atoms with E-state index in [9.17, 15) is 28.6 Å². The lowest BCUT2D eigenvalue weighted by Gasteiger charge is -2.20. The number of carbonyl (C=O) groups is 2. The molecule has 0 bridgehead atoms. The third-order valence-corrected chi connectivity index (χ3v) is 7.79. The first-order chi connectivity index (χ1) is 22.0. The molecule has 2 atom stereocenters. The van der Waals surface area contributed by atoms with Gasteiger partial charge in [-0.2, -0.15) is 0 Å². The number of benzene rings is 3. The molecule has 0 spiro atoms. The van der Waals surface area contributed by atoms with Crippen molar-refractivity contribution in [3.63, 3.8) is 0 Å². The van der Waals surface area contributed by atoms with E-state index in [1.54, 1.807) is 18.2 Å². The predicted octanol–water partition coefficient (Wildman–Crippen LogP) is 6.23. The Morgan fingerprint density at radius 1 is 0.891 bits per heavy atom. The molecule has 0 aliphatic rings. The van der Waals surface area contributed by atoms with Gasteiger partial charge in [-0.3, -0.25) is 9.59 Å². The maximum atomic E-state index is 14.4. The number of ether oxygens (including phenoxy) is 2. The number of methoxy groups -OCH3 is 2. The van der Waals surface area contributed by atoms with Gasteiger partial charge in [0.15, 0.2) is 11.6 Å². The molecular weight excluding hydrogens is 594 g/mol. The minimum atomic E-state index is -1.08. The summed E-state index contributed by atoms with van der Waals surface area (Å²) in [5, 5.41) is 24.1. The largest absolute Gasteiger partial charge is 0.494 e. The number of carbonyl (C=O) groups excluding carboxylic acids is 2. The fraction of sp³-hybridized carbons (Fsp3) is 0.333. The van der Waals surface area contributed by atoms with Crippen molar-refractivity contribution in [3.8, 4) is 28.0 Å². The lowest BCUT2D eigenvalue weighted by atomic mass is 9.92. The van der Waals surface area contributed by atoms with Crippen LogP contribution in [0.25, 0.3) is 22.3 Å². The summed E-state index contributed by atoms with van der Waals surface area (Å²) < 4.78 is 40.1. The number of rotatable bonds is 14. The van der Waals surface area contributed by atoms with E-state index in [1.807, 2.05) is 48.7 Å². The van der Waals surface area contributed by atoms with E-state index in [0.717, 1.165) is 11.3 Å². The van der Waals surface area contributed by atoms with Crippen LogP contribution in [0, 0.1) is 11.6 Å². The van der Waals surface area contributed by atoms with E-state index in [2.05, 4.69) is 10.1 Å². The molecule has 4 rings (SSSR count). The second-order valence-electron chi connectivity index (χ2n) is 11.4. The molecule has 46 heavy (non-hydrogen) atoms. The number of hydrogen-bond donors (Lipinski definition) is 3. The molecule has 3 N–H and O–H groups in total. The lowest BCUT2D eigenvalue weighted by molar-refractivity contribution is -0.143. The number of amides is 1. The maximum absolute atomic E-state index is 14.4. The number of hydrogen-bond acceptors (Lipinski definition) is 6. The normalized spacial score (nSPS) is 12.5. The summed E-state index contributed by atoms with van der Waals surface area (Å²) in [6, 6.07) is 19.7. The zero-order chi connectivity index (χ0) is 33.4. The molecule has 1 amide bonds. The van der Waals surface area contributed by atoms with Gasteiger partial charge in [0.05, 0.1) is 32.8 Å². The second-order valence-corrected chi connectivity index (χ2v) is 11.4. The Bertz CT molecular complexity index is 1640. The average Bonchev–Trinajstić information content (AvgIpc) is 3.39. The van der Waals surface area contributed by atoms with Gasteiger partial charge in [0, 0.05) is 29.4 Å². The Labute approximate surface area is 267 Å². The summed E-state index contributed by atoms with van der Waals surface area (Å²) in [6.07, 6.45) is -1.81. The fourth-order valence-electron chi connectivity index (χ4n) is 5.67. The smallest absolute Gasteiger partial charge is 0.308 e. The molecule has 0 fully saturated rings. The number of nitrogens with zero attached hydrogens (tertiary/aromatic N) is 1. The Hall–Kier alpha value is -4.54. The lowest BCUT2D eigenvalue weighted by Crippen LogP contribution is -2.27. The number of nitrogens with one attached hydrogen (secondary N) is 1. The van der Waals surface area contributed by atoms with E-state index in [4.69, 9.17) is 4.74 Å². The molecule has 1 aromatic heterocycles. The number of halogens is 2. The van der Waals surface area contributed by atoms with Crippen LogP contribution in [-0.2, 0) is 22.5 Å². The molecule has 0 radical (unpaired) electrons. The van der Waals surface area contributed by atoms with Gasteiger partial charge >= 0.3 is 5.97 Å². The van der Waals surface area contributed by atoms with Crippen molar-refractivity contribution < 1.29 is 38.1 Å². The number of aliphatic hydroxyl groups is 2. The van der Waals surface area contributed by atoms with Crippen LogP contribution in [0.5, 0.6) is 5.75 Å². The molecule has 4 aromatic rings. The van der Waals surface area contributed by atoms with Crippen LogP contribution in [-0.4, -0.2) is 53.1 Å². The summed E-state index contributed by atoms with van der Waals surface area (Å²) in [4.78, 5) is 25.8. The van der Waals surface area contributed by atoms with E-state index in [-0.39, 0.29) is 37.6 Å². The highest BCUT2D eigenvalue weighted by molar-refractivity contribution is 6.05. The molecule has 3 aromatic carbocycles. The minimum Gasteiger partial charge on any atom is -0.494 e. The first-order valence-electron chi connectivity index (χ1n) is 15.2. The van der Waals surface area contributed by atoms with Crippen LogP contribution in [0.15, 0.2) is 72.8 Å². The van der Waals surface area contributed by atoms with Gasteiger partial charge in [-0.1, -0.05) is 48.5 Å². The van der Waals surface area contributed by atoms with Crippen LogP contribution in [0.1, 0.15) is 60.9 Å². The summed E-state index contributed by atoms with van der Waals surface area (Å²) in [5.41, 5.74) is 4.44. The van der Waals surface area contributed by atoms with Crippen molar-refractivity contribution >= 4 is 11.9 Å². The molecule has 0 saturated heterocycles. The number of aliphatic hydroxyl groups excluding tert-OH is 2. The highest BCUT2D eigenvalue weighted by atomic mass is 19.1. The molecule has 244 valence electrons. The quantitative estimate of drug-likeness (QED) is 0.142. The Morgan fingerprint density at radius 3 is 2.17 bits per heavy atom. The van der Waals surface area contributed by atoms with Gasteiger partial charge < -0.3 is 29.6 Å². The molecule has 0 aliphatic carbocycles. The average molecular weight is 635 g/mol. The maximum Gasteiger partial charge on any atom is 0.308 e. The Morgan fingerprint density at radius 2 is 1.57 bits per heavy atom. The summed E-state index contributed by atoms with van der Waals surface area (Å²) in [5.74, 6) is -1.82. The molecule has 10 heteroatoms. The molecule has 1 heterocycles. The summed E-state index contributed by atoms with van der Waals surface area (Å²) >= 11 is 0. The molecular formula is C36H40F2N2O6. The molecule has 0 aliphatic heterocycles. The van der Waals surface area contributed by atoms with E-state index in [1.165, 1.54) is 38.5 Å². The monoisotopic (exact) mass is 634 g/mol. The first-order valence-corrected chi connectivity index (χ1v) is 15.2. The van der Waals surface area contributed by atoms with Gasteiger partial charge in [0.2, 0.25) is 0 Å². The van der Waals surface area contributed by atoms with Crippen molar-refractivity contribution in [1.29, 1.82) is 0 Å². The zero-order valence-corrected chi connectivity index (χ0v) is 26.4. The Kier molecular flexibility index (Phi) is 11.7. The van der Waals surface area contributed by atoms with Crippen molar-refractivity contribution in [2.24, 2.45) is 0 Å². The van der Waals surface area contributed by atoms with E-state index < -0.39 is 35.7 Å². The molecule has 8 nitrogen and oxygen atoms in total. The zero-order valence-electron chi connectivity index (χ0n) is 26.4. The van der Waals surface area contributed by atoms with Crippen molar-refractivity contribution in [2.75, 3.05) is 14.2 Å². The molecule has 0 saturated carbocycles. The van der Waals surface area contributed by atoms with Crippen LogP contribution in [0.3, 0.4) is 0 Å². The number of esters is 1. The van der Waals surface area contributed by atoms with E-state index in [0.29, 0.717) is 34.4 Å². The first kappa shape index (κ1) is 34.3. The topological polar surface area (TPSA) is 110 Å². The van der Waals surface area contributed by atoms with Crippen molar-refractivity contribution in [2.45, 2.75) is 64.3 Å². The van der Waals surface area contributed by atoms with Crippen LogP contribution in [0.4, 0.5) is 8.78 Å². The van der Waals surface area contributed by atoms with Gasteiger partial charge in [0.25, 0.3) is 5.91 Å². The SMILES string of the molecule is COC(=O)C[C@H](O)C[C@H](O)CCc1c(-c2ccc(F)cc2)c(-c2ccccc2)c(C(=O)NCc2ccc(OC)c(F)c2)n1C(C)C. The summed E-state index contributed by atoms with van der Waals surface area (Å²) in [6.45, 7) is 3.94. The van der Waals surface area contributed by atoms with Crippen molar-refractivity contribution in [1.82, 2.24) is 9.88 Å². The van der Waals surface area contributed by atoms with Gasteiger partial charge in [-0.25, -0.2) is 8.78 Å². The fourth-order valence-corrected chi connectivity index (χ4v) is 5.67. The number of aromatic nitrogens is 1. The van der Waals surface area contributed by atoms with Crippen molar-refractivity contribution in [3.05, 3.63) is 101 Å². The second kappa shape index (κ2) is 15.6. The highest BCUT2D eigenvalue weighted by Gasteiger charge is 2.30. The van der Waals surface area contributed by atoms with Gasteiger partial charge in [0.1, 0.15) is 11.5 Å². The van der Waals surface area contributed by atoms with Gasteiger partial charge in [-0.05, 0) is 74.1 Å². The Balaban J connectivity index is 1.81. The van der Waals surface area contributed by atoms with E-state index >= 15 is 0 Å². The van der Waals surface area contributed by atoms with Crippen LogP contribution in [0.2, 0.25) is 0 Å². The summed E-state index contributed by atoms with van der Waals surface area (Å²) in [7, 11) is 2.61. The van der Waals surface area contributed by atoms with Crippen LogP contribution < -0.4 is 10.1 Å². The third kappa shape index (κ3) is 8.18. The standard InChI is InChI=1S/C36H40F2N2O6/c1-22(2)40-30(16-15-27(41)19-28(42)20-32(43)46-4)33(25-11-13-26(37)14-12-25)34(24-8-6-5-7-9-24)35(40)36(44)39-21-23-10-17-31(45-3)29(38)18-23/h5-14,17-18,22,27-28,41-42H,15-16,19-21H2,1-4H3,(H,39,44)/t27-,28-/m1/s1. The minimum absolute atomic E-state index is 0.0410. The molecule has 0 unspecified atom stereocenters. The predicted molar refractivity (Wildman–Crippen MR) is 171 cm³/mol. The van der Waals surface area contributed by atoms with Gasteiger partial charge in [-0.15, -0.1) is 0 Å². The third-order valence-electron chi connectivity index (χ3n) is 7.79. The highest BCUT2D eigenvalue weighted by Crippen LogP contribution is 2.42.